The summed E-state index contributed by atoms with van der Waals surface area (Å²) in [5.41, 5.74) is 1.67. The van der Waals surface area contributed by atoms with Crippen LogP contribution in [0.15, 0.2) is 36.5 Å². The summed E-state index contributed by atoms with van der Waals surface area (Å²) >= 11 is 6.16. The van der Waals surface area contributed by atoms with Gasteiger partial charge >= 0.3 is 0 Å². The highest BCUT2D eigenvalue weighted by Gasteiger charge is 2.41. The van der Waals surface area contributed by atoms with Crippen LogP contribution in [0, 0.1) is 0 Å². The van der Waals surface area contributed by atoms with Crippen molar-refractivity contribution in [1.82, 2.24) is 10.3 Å². The fraction of sp³-hybridized carbons (Fsp3) is 0.294. The lowest BCUT2D eigenvalue weighted by Crippen LogP contribution is -2.33. The lowest BCUT2D eigenvalue weighted by atomic mass is 10.1. The number of hydrogen-bond acceptors (Lipinski definition) is 5. The Balaban J connectivity index is 0.00000156. The summed E-state index contributed by atoms with van der Waals surface area (Å²) in [6, 6.07) is 8.13. The Hall–Kier alpha value is -1.53. The van der Waals surface area contributed by atoms with E-state index in [-0.39, 0.29) is 35.9 Å². The maximum absolute atomic E-state index is 10.8. The minimum Gasteiger partial charge on any atom is -0.545 e. The number of nitrogens with one attached hydrogen (secondary N) is 1. The van der Waals surface area contributed by atoms with E-state index in [0.717, 1.165) is 18.4 Å². The van der Waals surface area contributed by atoms with E-state index in [0.29, 0.717) is 23.1 Å². The second-order valence-corrected chi connectivity index (χ2v) is 6.05. The van der Waals surface area contributed by atoms with Crippen molar-refractivity contribution in [3.8, 4) is 16.9 Å². The first kappa shape index (κ1) is 21.5. The van der Waals surface area contributed by atoms with Gasteiger partial charge in [0, 0.05) is 5.56 Å². The molecule has 1 N–H and O–H groups in total. The molecule has 0 saturated heterocycles. The molecule has 5 nitrogen and oxygen atoms in total. The lowest BCUT2D eigenvalue weighted by Gasteiger charge is -2.16. The standard InChI is InChI=1S/C17H17ClN2O3.2ClH/c1-19-17(6-7-17)10-23-13-8-14(15(18)20-9-13)11-2-4-12(5-3-11)16(21)22;;/h2-5,8-9,19H,6-7,10H2,1H3,(H,21,22);2*1H/p-1. The first-order valence-corrected chi connectivity index (χ1v) is 7.70. The summed E-state index contributed by atoms with van der Waals surface area (Å²) in [5.74, 6) is -0.574. The highest BCUT2D eigenvalue weighted by molar-refractivity contribution is 6.32. The predicted molar refractivity (Wildman–Crippen MR) is 100 cm³/mol. The maximum atomic E-state index is 10.8. The van der Waals surface area contributed by atoms with Gasteiger partial charge in [0.25, 0.3) is 0 Å². The zero-order valence-electron chi connectivity index (χ0n) is 13.5. The highest BCUT2D eigenvalue weighted by Crippen LogP contribution is 2.36. The number of aromatic nitrogens is 1. The number of carboxylic acid groups (broad SMARTS) is 1. The molecule has 8 heteroatoms. The van der Waals surface area contributed by atoms with E-state index in [9.17, 15) is 9.90 Å². The van der Waals surface area contributed by atoms with Crippen LogP contribution in [-0.4, -0.2) is 30.1 Å². The average molecular weight is 405 g/mol. The number of likely N-dealkylation sites (N-methyl/N-ethyl adjacent to an activating group) is 1. The molecule has 0 bridgehead atoms. The molecule has 2 aromatic rings. The van der Waals surface area contributed by atoms with Crippen LogP contribution in [0.2, 0.25) is 5.15 Å². The number of aromatic carboxylic acids is 1. The molecule has 0 spiro atoms. The number of hydrogen-bond donors (Lipinski definition) is 1. The molecule has 0 radical (unpaired) electrons. The molecule has 1 saturated carbocycles. The Kier molecular flexibility index (Phi) is 7.50. The second kappa shape index (κ2) is 8.72. The van der Waals surface area contributed by atoms with Gasteiger partial charge in [-0.25, -0.2) is 4.98 Å². The van der Waals surface area contributed by atoms with Crippen molar-refractivity contribution in [2.45, 2.75) is 18.4 Å². The van der Waals surface area contributed by atoms with Gasteiger partial charge in [0.15, 0.2) is 0 Å². The minimum absolute atomic E-state index is 0. The molecule has 136 valence electrons. The van der Waals surface area contributed by atoms with Crippen LogP contribution in [0.3, 0.4) is 0 Å². The topological polar surface area (TPSA) is 74.3 Å². The number of nitrogens with zero attached hydrogens (tertiary/aromatic N) is 1. The van der Waals surface area contributed by atoms with Gasteiger partial charge in [-0.2, -0.15) is 0 Å². The van der Waals surface area contributed by atoms with Gasteiger partial charge in [0.2, 0.25) is 0 Å². The molecule has 25 heavy (non-hydrogen) atoms. The summed E-state index contributed by atoms with van der Waals surface area (Å²) < 4.78 is 5.82. The summed E-state index contributed by atoms with van der Waals surface area (Å²) in [6.07, 6.45) is 3.79. The average Bonchev–Trinajstić information content (AvgIpc) is 3.35. The molecule has 1 aromatic carbocycles. The van der Waals surface area contributed by atoms with Gasteiger partial charge in [0.1, 0.15) is 17.5 Å². The lowest BCUT2D eigenvalue weighted by molar-refractivity contribution is -0.255. The van der Waals surface area contributed by atoms with Crippen LogP contribution in [0.5, 0.6) is 5.75 Å². The molecular formula is C17H18Cl3N2O3-. The first-order valence-electron chi connectivity index (χ1n) is 7.32. The number of benzene rings is 1. The van der Waals surface area contributed by atoms with Crippen molar-refractivity contribution in [3.63, 3.8) is 0 Å². The van der Waals surface area contributed by atoms with Crippen molar-refractivity contribution >= 4 is 42.4 Å². The van der Waals surface area contributed by atoms with E-state index in [1.807, 2.05) is 13.1 Å². The number of pyridine rings is 1. The molecule has 1 aliphatic carbocycles. The minimum atomic E-state index is -1.21. The van der Waals surface area contributed by atoms with Gasteiger partial charge in [-0.15, -0.1) is 24.8 Å². The zero-order chi connectivity index (χ0) is 16.4. The number of carbonyl (C=O) groups is 1. The second-order valence-electron chi connectivity index (χ2n) is 5.69. The molecule has 0 aliphatic heterocycles. The largest absolute Gasteiger partial charge is 0.545 e. The third kappa shape index (κ3) is 4.98. The van der Waals surface area contributed by atoms with Gasteiger partial charge in [0.05, 0.1) is 17.7 Å². The summed E-state index contributed by atoms with van der Waals surface area (Å²) in [6.45, 7) is 0.579. The van der Waals surface area contributed by atoms with Crippen molar-refractivity contribution in [3.05, 3.63) is 47.2 Å². The van der Waals surface area contributed by atoms with Crippen LogP contribution >= 0.6 is 36.4 Å². The summed E-state index contributed by atoms with van der Waals surface area (Å²) in [7, 11) is 1.93. The van der Waals surface area contributed by atoms with E-state index >= 15 is 0 Å². The fourth-order valence-electron chi connectivity index (χ4n) is 2.34. The molecule has 1 fully saturated rings. The normalized spacial score (nSPS) is 14.0. The molecule has 1 aliphatic rings. The SMILES string of the molecule is CNC1(COc2cnc(Cl)c(-c3ccc(C(=O)[O-])cc3)c2)CC1.Cl.Cl. The Bertz CT molecular complexity index is 734. The Labute approximate surface area is 163 Å². The Morgan fingerprint density at radius 3 is 2.48 bits per heavy atom. The molecule has 1 aromatic heterocycles. The van der Waals surface area contributed by atoms with Crippen molar-refractivity contribution in [2.24, 2.45) is 0 Å². The maximum Gasteiger partial charge on any atom is 0.138 e. The van der Waals surface area contributed by atoms with Gasteiger partial charge in [-0.1, -0.05) is 35.9 Å². The zero-order valence-corrected chi connectivity index (χ0v) is 15.8. The molecule has 3 rings (SSSR count). The molecule has 0 amide bonds. The monoisotopic (exact) mass is 403 g/mol. The van der Waals surface area contributed by atoms with E-state index in [4.69, 9.17) is 16.3 Å². The van der Waals surface area contributed by atoms with Crippen molar-refractivity contribution in [2.75, 3.05) is 13.7 Å². The van der Waals surface area contributed by atoms with E-state index < -0.39 is 5.97 Å². The third-order valence-corrected chi connectivity index (χ3v) is 4.45. The van der Waals surface area contributed by atoms with Crippen molar-refractivity contribution in [1.29, 1.82) is 0 Å². The number of ether oxygens (including phenoxy) is 1. The Morgan fingerprint density at radius 2 is 1.96 bits per heavy atom. The quantitative estimate of drug-likeness (QED) is 0.749. The van der Waals surface area contributed by atoms with E-state index in [1.165, 1.54) is 12.1 Å². The van der Waals surface area contributed by atoms with E-state index in [1.54, 1.807) is 18.3 Å². The predicted octanol–water partition coefficient (Wildman–Crippen LogP) is 2.74. The van der Waals surface area contributed by atoms with Crippen LogP contribution in [0.4, 0.5) is 0 Å². The Morgan fingerprint density at radius 1 is 1.32 bits per heavy atom. The number of rotatable bonds is 6. The van der Waals surface area contributed by atoms with Crippen LogP contribution in [0.25, 0.3) is 11.1 Å². The number of carboxylic acids is 1. The third-order valence-electron chi connectivity index (χ3n) is 4.14. The summed E-state index contributed by atoms with van der Waals surface area (Å²) in [4.78, 5) is 15.0. The van der Waals surface area contributed by atoms with E-state index in [2.05, 4.69) is 10.3 Å². The van der Waals surface area contributed by atoms with Gasteiger partial charge < -0.3 is 20.0 Å². The first-order chi connectivity index (χ1) is 11.0. The fourth-order valence-corrected chi connectivity index (χ4v) is 2.55. The molecule has 0 atom stereocenters. The highest BCUT2D eigenvalue weighted by atomic mass is 35.5. The summed E-state index contributed by atoms with van der Waals surface area (Å²) in [5, 5.41) is 14.4. The van der Waals surface area contributed by atoms with Crippen LogP contribution < -0.4 is 15.2 Å². The van der Waals surface area contributed by atoms with Crippen LogP contribution in [0.1, 0.15) is 23.2 Å². The van der Waals surface area contributed by atoms with Crippen LogP contribution in [-0.2, 0) is 0 Å². The molecule has 0 unspecified atom stereocenters. The number of carbonyl (C=O) groups excluding carboxylic acids is 1. The molecule has 1 heterocycles. The number of halogens is 3. The smallest absolute Gasteiger partial charge is 0.138 e. The molecular weight excluding hydrogens is 387 g/mol. The van der Waals surface area contributed by atoms with Gasteiger partial charge in [-0.05, 0) is 37.1 Å². The van der Waals surface area contributed by atoms with Gasteiger partial charge in [-0.3, -0.25) is 0 Å². The van der Waals surface area contributed by atoms with Crippen molar-refractivity contribution < 1.29 is 14.6 Å².